The summed E-state index contributed by atoms with van der Waals surface area (Å²) < 4.78 is 17.5. The fourth-order valence-corrected chi connectivity index (χ4v) is 11.7. The van der Waals surface area contributed by atoms with Gasteiger partial charge in [-0.05, 0) is 110 Å². The van der Waals surface area contributed by atoms with Crippen molar-refractivity contribution in [3.63, 3.8) is 0 Å². The zero-order chi connectivity index (χ0) is 30.2. The molecule has 6 nitrogen and oxygen atoms in total. The predicted molar refractivity (Wildman–Crippen MR) is 162 cm³/mol. The van der Waals surface area contributed by atoms with Gasteiger partial charge in [-0.15, -0.1) is 0 Å². The molecule has 0 aromatic heterocycles. The van der Waals surface area contributed by atoms with E-state index in [-0.39, 0.29) is 46.4 Å². The van der Waals surface area contributed by atoms with Crippen LogP contribution in [0.3, 0.4) is 0 Å². The van der Waals surface area contributed by atoms with Crippen molar-refractivity contribution in [2.45, 2.75) is 131 Å². The molecular formula is C36H58O6. The fraction of sp³-hybridized carbons (Fsp3) is 0.917. The van der Waals surface area contributed by atoms with Crippen molar-refractivity contribution in [3.8, 4) is 0 Å². The highest BCUT2D eigenvalue weighted by molar-refractivity contribution is 5.78. The zero-order valence-corrected chi connectivity index (χ0v) is 27.3. The van der Waals surface area contributed by atoms with E-state index < -0.39 is 16.9 Å². The normalized spacial score (nSPS) is 48.6. The average Bonchev–Trinajstić information content (AvgIpc) is 2.96. The SMILES string of the molecule is CC1(C)CC[C@]2(C(=O)OCCC3OCCCO3)CC[C@]3(C)C(=CC[C@@H]4[C@@]5(C)CC[C@H](O)[C@@](C)(CO)[C@@H]5CC[C@]43C)[C@@H]2C1. The van der Waals surface area contributed by atoms with Gasteiger partial charge in [0.15, 0.2) is 6.29 Å². The van der Waals surface area contributed by atoms with Crippen molar-refractivity contribution in [3.05, 3.63) is 11.6 Å². The Morgan fingerprint density at radius 1 is 0.952 bits per heavy atom. The van der Waals surface area contributed by atoms with Gasteiger partial charge in [0.1, 0.15) is 0 Å². The molecule has 0 radical (unpaired) electrons. The summed E-state index contributed by atoms with van der Waals surface area (Å²) in [6.07, 6.45) is 13.3. The molecule has 1 saturated heterocycles. The first-order chi connectivity index (χ1) is 19.8. The summed E-state index contributed by atoms with van der Waals surface area (Å²) in [6, 6.07) is 0. The van der Waals surface area contributed by atoms with Crippen LogP contribution in [-0.2, 0) is 19.0 Å². The largest absolute Gasteiger partial charge is 0.465 e. The maximum atomic E-state index is 14.1. The molecule has 4 saturated carbocycles. The second kappa shape index (κ2) is 10.6. The molecule has 6 aliphatic rings. The standard InChI is InChI=1S/C36H58O6/c1-31(2)15-17-36(30(39)42-21-12-29-40-19-7-20-41-29)18-16-34(5)24(25(36)22-31)8-9-27-32(3)13-11-28(38)33(4,23-37)26(32)10-14-35(27,34)6/h8,25-29,37-38H,7,9-23H2,1-6H3/t25-,26+,27+,28-,32-,33-,34+,35+,36-/m0/s1. The summed E-state index contributed by atoms with van der Waals surface area (Å²) >= 11 is 0. The highest BCUT2D eigenvalue weighted by atomic mass is 16.7. The van der Waals surface area contributed by atoms with Crippen molar-refractivity contribution >= 4 is 5.97 Å². The summed E-state index contributed by atoms with van der Waals surface area (Å²) in [7, 11) is 0. The van der Waals surface area contributed by atoms with Gasteiger partial charge in [0.2, 0.25) is 0 Å². The van der Waals surface area contributed by atoms with Crippen molar-refractivity contribution in [1.82, 2.24) is 0 Å². The molecule has 1 heterocycles. The summed E-state index contributed by atoms with van der Waals surface area (Å²) in [5.74, 6) is 1.04. The number of fused-ring (bicyclic) bond motifs is 7. The Morgan fingerprint density at radius 3 is 2.38 bits per heavy atom. The average molecular weight is 587 g/mol. The molecule has 5 aliphatic carbocycles. The number of hydrogen-bond donors (Lipinski definition) is 2. The second-order valence-electron chi connectivity index (χ2n) is 17.0. The molecule has 6 heteroatoms. The first-order valence-corrected chi connectivity index (χ1v) is 17.2. The third-order valence-corrected chi connectivity index (χ3v) is 14.6. The van der Waals surface area contributed by atoms with Crippen molar-refractivity contribution < 1.29 is 29.2 Å². The number of aliphatic hydroxyl groups excluding tert-OH is 2. The molecule has 5 fully saturated rings. The number of allylic oxidation sites excluding steroid dienone is 2. The molecule has 2 N–H and O–H groups in total. The molecule has 1 aliphatic heterocycles. The van der Waals surface area contributed by atoms with Crippen LogP contribution in [0.1, 0.15) is 119 Å². The summed E-state index contributed by atoms with van der Waals surface area (Å²) in [5, 5.41) is 21.6. The fourth-order valence-electron chi connectivity index (χ4n) is 11.7. The molecule has 0 spiro atoms. The van der Waals surface area contributed by atoms with E-state index in [9.17, 15) is 15.0 Å². The number of carbonyl (C=O) groups excluding carboxylic acids is 1. The second-order valence-corrected chi connectivity index (χ2v) is 17.0. The van der Waals surface area contributed by atoms with Gasteiger partial charge in [-0.25, -0.2) is 0 Å². The lowest BCUT2D eigenvalue weighted by atomic mass is 9.33. The van der Waals surface area contributed by atoms with Crippen LogP contribution in [0.4, 0.5) is 0 Å². The topological polar surface area (TPSA) is 85.2 Å². The lowest BCUT2D eigenvalue weighted by molar-refractivity contribution is -0.217. The van der Waals surface area contributed by atoms with Crippen LogP contribution in [0.2, 0.25) is 0 Å². The van der Waals surface area contributed by atoms with Gasteiger partial charge in [0, 0.05) is 11.8 Å². The van der Waals surface area contributed by atoms with Gasteiger partial charge in [0.25, 0.3) is 0 Å². The molecular weight excluding hydrogens is 528 g/mol. The molecule has 42 heavy (non-hydrogen) atoms. The number of carbonyl (C=O) groups is 1. The van der Waals surface area contributed by atoms with Gasteiger partial charge in [-0.1, -0.05) is 53.2 Å². The van der Waals surface area contributed by atoms with E-state index in [4.69, 9.17) is 14.2 Å². The molecule has 9 atom stereocenters. The summed E-state index contributed by atoms with van der Waals surface area (Å²) in [5.41, 5.74) is 1.09. The third-order valence-electron chi connectivity index (χ3n) is 14.6. The number of rotatable bonds is 5. The van der Waals surface area contributed by atoms with Crippen LogP contribution < -0.4 is 0 Å². The van der Waals surface area contributed by atoms with Gasteiger partial charge >= 0.3 is 5.97 Å². The Morgan fingerprint density at radius 2 is 1.67 bits per heavy atom. The Bertz CT molecular complexity index is 1080. The zero-order valence-electron chi connectivity index (χ0n) is 27.3. The maximum absolute atomic E-state index is 14.1. The molecule has 6 rings (SSSR count). The number of aliphatic hydroxyl groups is 2. The van der Waals surface area contributed by atoms with Crippen molar-refractivity contribution in [1.29, 1.82) is 0 Å². The van der Waals surface area contributed by atoms with E-state index >= 15 is 0 Å². The van der Waals surface area contributed by atoms with Gasteiger partial charge in [-0.3, -0.25) is 4.79 Å². The lowest BCUT2D eigenvalue weighted by Gasteiger charge is -2.71. The lowest BCUT2D eigenvalue weighted by Crippen LogP contribution is -2.66. The van der Waals surface area contributed by atoms with E-state index in [1.165, 1.54) is 0 Å². The minimum Gasteiger partial charge on any atom is -0.465 e. The molecule has 0 unspecified atom stereocenters. The van der Waals surface area contributed by atoms with Crippen molar-refractivity contribution in [2.24, 2.45) is 50.2 Å². The van der Waals surface area contributed by atoms with E-state index in [1.807, 2.05) is 0 Å². The van der Waals surface area contributed by atoms with Crippen LogP contribution in [0.25, 0.3) is 0 Å². The highest BCUT2D eigenvalue weighted by Gasteiger charge is 2.69. The quantitative estimate of drug-likeness (QED) is 0.272. The van der Waals surface area contributed by atoms with Crippen LogP contribution in [-0.4, -0.2) is 55.0 Å². The predicted octanol–water partition coefficient (Wildman–Crippen LogP) is 6.82. The number of hydrogen-bond acceptors (Lipinski definition) is 6. The highest BCUT2D eigenvalue weighted by Crippen LogP contribution is 2.75. The van der Waals surface area contributed by atoms with E-state index in [1.54, 1.807) is 5.57 Å². The van der Waals surface area contributed by atoms with Gasteiger partial charge in [0.05, 0.1) is 37.9 Å². The smallest absolute Gasteiger partial charge is 0.312 e. The summed E-state index contributed by atoms with van der Waals surface area (Å²) in [4.78, 5) is 14.1. The van der Waals surface area contributed by atoms with Gasteiger partial charge in [-0.2, -0.15) is 0 Å². The monoisotopic (exact) mass is 586 g/mol. The van der Waals surface area contributed by atoms with Crippen LogP contribution in [0, 0.1) is 50.2 Å². The molecule has 238 valence electrons. The Balaban J connectivity index is 1.30. The molecule has 0 amide bonds. The number of esters is 1. The van der Waals surface area contributed by atoms with E-state index in [0.717, 1.165) is 70.6 Å². The van der Waals surface area contributed by atoms with Crippen LogP contribution in [0.5, 0.6) is 0 Å². The Labute approximate surface area is 254 Å². The number of ether oxygens (including phenoxy) is 3. The third kappa shape index (κ3) is 4.42. The molecule has 0 bridgehead atoms. The van der Waals surface area contributed by atoms with Crippen LogP contribution in [0.15, 0.2) is 11.6 Å². The van der Waals surface area contributed by atoms with Crippen molar-refractivity contribution in [2.75, 3.05) is 26.4 Å². The van der Waals surface area contributed by atoms with Gasteiger partial charge < -0.3 is 24.4 Å². The van der Waals surface area contributed by atoms with E-state index in [0.29, 0.717) is 38.1 Å². The maximum Gasteiger partial charge on any atom is 0.312 e. The Kier molecular flexibility index (Phi) is 7.81. The minimum atomic E-state index is -0.441. The first kappa shape index (κ1) is 31.0. The molecule has 0 aromatic carbocycles. The minimum absolute atomic E-state index is 0.00434. The van der Waals surface area contributed by atoms with E-state index in [2.05, 4.69) is 47.6 Å². The molecule has 0 aromatic rings. The summed E-state index contributed by atoms with van der Waals surface area (Å²) in [6.45, 7) is 16.3. The van der Waals surface area contributed by atoms with Crippen LogP contribution >= 0.6 is 0 Å². The Hall–Kier alpha value is -0.950. The first-order valence-electron chi connectivity index (χ1n) is 17.2.